The highest BCUT2D eigenvalue weighted by Crippen LogP contribution is 2.43. The number of pyridine rings is 1. The minimum Gasteiger partial charge on any atom is -0.497 e. The predicted molar refractivity (Wildman–Crippen MR) is 129 cm³/mol. The molecule has 4 heterocycles. The van der Waals surface area contributed by atoms with E-state index in [1.807, 2.05) is 30.5 Å². The second kappa shape index (κ2) is 9.72. The molecule has 4 fully saturated rings. The SMILES string of the molecule is C=C[C@H]1CN2CC[C@H]1C[C@H]2[C@H](OC(=O)NC1CCCCC1)c1ccnc2ccc(OC)cc12. The first-order chi connectivity index (χ1) is 16.2. The Morgan fingerprint density at radius 2 is 2.09 bits per heavy atom. The van der Waals surface area contributed by atoms with Crippen LogP contribution in [0.5, 0.6) is 5.75 Å². The molecule has 3 aliphatic heterocycles. The molecule has 1 saturated carbocycles. The smallest absolute Gasteiger partial charge is 0.408 e. The van der Waals surface area contributed by atoms with Crippen molar-refractivity contribution >= 4 is 17.0 Å². The fourth-order valence-corrected chi connectivity index (χ4v) is 6.13. The third-order valence-electron chi connectivity index (χ3n) is 7.95. The zero-order chi connectivity index (χ0) is 22.8. The van der Waals surface area contributed by atoms with Crippen molar-refractivity contribution < 1.29 is 14.3 Å². The van der Waals surface area contributed by atoms with Crippen LogP contribution >= 0.6 is 0 Å². The maximum Gasteiger partial charge on any atom is 0.408 e. The van der Waals surface area contributed by atoms with Gasteiger partial charge in [0.2, 0.25) is 0 Å². The molecule has 0 spiro atoms. The Bertz CT molecular complexity index is 1000. The lowest BCUT2D eigenvalue weighted by molar-refractivity contribution is -0.0503. The molecule has 0 radical (unpaired) electrons. The lowest BCUT2D eigenvalue weighted by Crippen LogP contribution is -2.55. The number of hydrogen-bond donors (Lipinski definition) is 1. The number of aromatic nitrogens is 1. The number of amides is 1. The first kappa shape index (κ1) is 22.2. The Kier molecular flexibility index (Phi) is 6.54. The van der Waals surface area contributed by atoms with Crippen LogP contribution in [-0.2, 0) is 4.74 Å². The average Bonchev–Trinajstić information content (AvgIpc) is 2.87. The predicted octanol–water partition coefficient (Wildman–Crippen LogP) is 5.24. The van der Waals surface area contributed by atoms with Gasteiger partial charge in [-0.1, -0.05) is 25.3 Å². The summed E-state index contributed by atoms with van der Waals surface area (Å²) in [5, 5.41) is 4.14. The molecule has 2 bridgehead atoms. The van der Waals surface area contributed by atoms with Crippen molar-refractivity contribution in [2.75, 3.05) is 20.2 Å². The van der Waals surface area contributed by atoms with Crippen LogP contribution in [0.1, 0.15) is 56.6 Å². The fourth-order valence-electron chi connectivity index (χ4n) is 6.13. The number of hydrogen-bond acceptors (Lipinski definition) is 5. The summed E-state index contributed by atoms with van der Waals surface area (Å²) in [6.07, 6.45) is 11.1. The molecule has 2 aromatic rings. The first-order valence-electron chi connectivity index (χ1n) is 12.4. The summed E-state index contributed by atoms with van der Waals surface area (Å²) in [5.41, 5.74) is 1.89. The molecule has 33 heavy (non-hydrogen) atoms. The third kappa shape index (κ3) is 4.58. The van der Waals surface area contributed by atoms with Crippen molar-refractivity contribution in [1.29, 1.82) is 0 Å². The molecule has 1 N–H and O–H groups in total. The van der Waals surface area contributed by atoms with E-state index in [9.17, 15) is 4.79 Å². The lowest BCUT2D eigenvalue weighted by Gasteiger charge is -2.51. The van der Waals surface area contributed by atoms with E-state index in [2.05, 4.69) is 27.9 Å². The van der Waals surface area contributed by atoms with E-state index in [0.717, 1.165) is 54.6 Å². The third-order valence-corrected chi connectivity index (χ3v) is 7.95. The van der Waals surface area contributed by atoms with Gasteiger partial charge in [-0.05, 0) is 68.3 Å². The summed E-state index contributed by atoms with van der Waals surface area (Å²) in [6.45, 7) is 6.08. The summed E-state index contributed by atoms with van der Waals surface area (Å²) in [5.74, 6) is 1.88. The number of ether oxygens (including phenoxy) is 2. The van der Waals surface area contributed by atoms with Gasteiger partial charge in [0, 0.05) is 29.7 Å². The summed E-state index contributed by atoms with van der Waals surface area (Å²) in [7, 11) is 1.67. The van der Waals surface area contributed by atoms with Gasteiger partial charge in [-0.15, -0.1) is 6.58 Å². The summed E-state index contributed by atoms with van der Waals surface area (Å²) in [6, 6.07) is 8.28. The molecule has 3 saturated heterocycles. The van der Waals surface area contributed by atoms with E-state index >= 15 is 0 Å². The molecule has 176 valence electrons. The second-order valence-corrected chi connectivity index (χ2v) is 9.83. The highest BCUT2D eigenvalue weighted by Gasteiger charge is 2.44. The van der Waals surface area contributed by atoms with Crippen molar-refractivity contribution in [1.82, 2.24) is 15.2 Å². The zero-order valence-electron chi connectivity index (χ0n) is 19.5. The number of benzene rings is 1. The molecule has 6 rings (SSSR count). The molecule has 1 amide bonds. The molecule has 1 aromatic carbocycles. The number of piperidine rings is 3. The lowest BCUT2D eigenvalue weighted by atomic mass is 9.73. The Morgan fingerprint density at radius 1 is 1.24 bits per heavy atom. The number of carbonyl (C=O) groups is 1. The minimum absolute atomic E-state index is 0.147. The molecule has 1 aromatic heterocycles. The van der Waals surface area contributed by atoms with E-state index < -0.39 is 0 Å². The van der Waals surface area contributed by atoms with Crippen LogP contribution in [0.3, 0.4) is 0 Å². The number of methoxy groups -OCH3 is 1. The van der Waals surface area contributed by atoms with Gasteiger partial charge in [0.15, 0.2) is 0 Å². The molecule has 5 atom stereocenters. The topological polar surface area (TPSA) is 63.7 Å². The van der Waals surface area contributed by atoms with Crippen molar-refractivity contribution in [3.8, 4) is 5.75 Å². The van der Waals surface area contributed by atoms with E-state index in [1.165, 1.54) is 25.7 Å². The highest BCUT2D eigenvalue weighted by atomic mass is 16.6. The number of carbonyl (C=O) groups excluding carboxylic acids is 1. The largest absolute Gasteiger partial charge is 0.497 e. The normalized spacial score (nSPS) is 28.3. The van der Waals surface area contributed by atoms with Gasteiger partial charge < -0.3 is 14.8 Å². The van der Waals surface area contributed by atoms with Crippen LogP contribution in [-0.4, -0.2) is 48.3 Å². The summed E-state index contributed by atoms with van der Waals surface area (Å²) in [4.78, 5) is 20.2. The van der Waals surface area contributed by atoms with Crippen LogP contribution in [0.2, 0.25) is 0 Å². The number of rotatable bonds is 6. The van der Waals surface area contributed by atoms with Crippen molar-refractivity contribution in [3.63, 3.8) is 0 Å². The molecule has 1 aliphatic carbocycles. The van der Waals surface area contributed by atoms with Gasteiger partial charge in [-0.3, -0.25) is 9.88 Å². The molecular formula is C27H35N3O3. The van der Waals surface area contributed by atoms with Gasteiger partial charge in [-0.25, -0.2) is 4.79 Å². The second-order valence-electron chi connectivity index (χ2n) is 9.83. The quantitative estimate of drug-likeness (QED) is 0.611. The molecule has 4 aliphatic rings. The zero-order valence-corrected chi connectivity index (χ0v) is 19.5. The summed E-state index contributed by atoms with van der Waals surface area (Å²) >= 11 is 0. The van der Waals surface area contributed by atoms with Crippen molar-refractivity contribution in [3.05, 3.63) is 48.7 Å². The maximum atomic E-state index is 13.1. The van der Waals surface area contributed by atoms with E-state index in [1.54, 1.807) is 7.11 Å². The van der Waals surface area contributed by atoms with Gasteiger partial charge in [0.1, 0.15) is 11.9 Å². The van der Waals surface area contributed by atoms with Crippen molar-refractivity contribution in [2.24, 2.45) is 11.8 Å². The highest BCUT2D eigenvalue weighted by molar-refractivity contribution is 5.84. The molecule has 6 heteroatoms. The van der Waals surface area contributed by atoms with Crippen LogP contribution in [0.25, 0.3) is 10.9 Å². The standard InChI is InChI=1S/C27H35N3O3/c1-3-18-17-30-14-12-19(18)15-25(30)26(33-27(31)29-20-7-5-4-6-8-20)22-11-13-28-24-10-9-21(32-2)16-23(22)24/h3,9-11,13,16,18-20,25-26H,1,4-8,12,14-15,17H2,2H3,(H,29,31)/t18-,19-,25-,26+/m0/s1. The minimum atomic E-state index is -0.361. The Labute approximate surface area is 196 Å². The van der Waals surface area contributed by atoms with Crippen LogP contribution in [0, 0.1) is 11.8 Å². The van der Waals surface area contributed by atoms with Crippen LogP contribution in [0.15, 0.2) is 43.1 Å². The molecular weight excluding hydrogens is 414 g/mol. The van der Waals surface area contributed by atoms with Crippen molar-refractivity contribution in [2.45, 2.75) is 63.1 Å². The first-order valence-corrected chi connectivity index (χ1v) is 12.4. The van der Waals surface area contributed by atoms with Gasteiger partial charge in [0.25, 0.3) is 0 Å². The maximum absolute atomic E-state index is 13.1. The van der Waals surface area contributed by atoms with E-state index in [4.69, 9.17) is 9.47 Å². The molecule has 1 unspecified atom stereocenters. The number of nitrogens with one attached hydrogen (secondary N) is 1. The Morgan fingerprint density at radius 3 is 2.82 bits per heavy atom. The van der Waals surface area contributed by atoms with Gasteiger partial charge in [0.05, 0.1) is 18.7 Å². The summed E-state index contributed by atoms with van der Waals surface area (Å²) < 4.78 is 11.8. The Balaban J connectivity index is 1.47. The fraction of sp³-hybridized carbons (Fsp3) is 0.556. The van der Waals surface area contributed by atoms with Crippen LogP contribution < -0.4 is 10.1 Å². The van der Waals surface area contributed by atoms with Crippen LogP contribution in [0.4, 0.5) is 4.79 Å². The van der Waals surface area contributed by atoms with Gasteiger partial charge >= 0.3 is 6.09 Å². The van der Waals surface area contributed by atoms with E-state index in [-0.39, 0.29) is 24.3 Å². The van der Waals surface area contributed by atoms with Gasteiger partial charge in [-0.2, -0.15) is 0 Å². The molecule has 6 nitrogen and oxygen atoms in total. The number of fused-ring (bicyclic) bond motifs is 4. The van der Waals surface area contributed by atoms with E-state index in [0.29, 0.717) is 11.8 Å². The average molecular weight is 450 g/mol. The number of nitrogens with zero attached hydrogens (tertiary/aromatic N) is 2. The number of alkyl carbamates (subject to hydrolysis) is 1. The monoisotopic (exact) mass is 449 g/mol. The Hall–Kier alpha value is -2.60.